The highest BCUT2D eigenvalue weighted by Gasteiger charge is 2.54. The van der Waals surface area contributed by atoms with E-state index in [-0.39, 0.29) is 12.0 Å². The summed E-state index contributed by atoms with van der Waals surface area (Å²) in [5, 5.41) is 15.7. The topological polar surface area (TPSA) is 79.2 Å². The molecule has 0 amide bonds. The van der Waals surface area contributed by atoms with Gasteiger partial charge in [0.25, 0.3) is 0 Å². The molecule has 1 aromatic rings. The molecule has 2 heterocycles. The van der Waals surface area contributed by atoms with Gasteiger partial charge in [-0.05, 0) is 81.6 Å². The van der Waals surface area contributed by atoms with Crippen LogP contribution in [0.3, 0.4) is 0 Å². The molecule has 5 aliphatic rings. The Morgan fingerprint density at radius 3 is 2.45 bits per heavy atom. The first-order valence-electron chi connectivity index (χ1n) is 11.9. The minimum absolute atomic E-state index is 0.157. The second kappa shape index (κ2) is 8.96. The standard InChI is InChI=1S/C26H30N2O3S2/c1-3-31-24(29)22-15(2)28-20(19(13-27)23(22)21-5-4-6-32-21)14-33-25(30)26-10-16-7-17(11-26)9-18(8-16)12-26/h4-6,16-18,23,28H,3,7-12,14H2,1-2H3. The van der Waals surface area contributed by atoms with Gasteiger partial charge in [-0.25, -0.2) is 4.79 Å². The van der Waals surface area contributed by atoms with Crippen LogP contribution in [0.1, 0.15) is 63.2 Å². The van der Waals surface area contributed by atoms with Gasteiger partial charge in [0.1, 0.15) is 0 Å². The fourth-order valence-corrected chi connectivity index (χ4v) is 8.92. The lowest BCUT2D eigenvalue weighted by atomic mass is 9.50. The first-order chi connectivity index (χ1) is 15.9. The quantitative estimate of drug-likeness (QED) is 0.538. The highest BCUT2D eigenvalue weighted by molar-refractivity contribution is 8.13. The van der Waals surface area contributed by atoms with Crippen LogP contribution in [0.2, 0.25) is 0 Å². The fourth-order valence-electron chi connectivity index (χ4n) is 7.01. The monoisotopic (exact) mass is 482 g/mol. The molecule has 6 rings (SSSR count). The Hall–Kier alpha value is -2.04. The molecule has 0 spiro atoms. The highest BCUT2D eigenvalue weighted by Crippen LogP contribution is 2.61. The first-order valence-corrected chi connectivity index (χ1v) is 13.8. The molecule has 1 N–H and O–H groups in total. The molecule has 0 saturated heterocycles. The number of hydrogen-bond acceptors (Lipinski definition) is 7. The maximum Gasteiger partial charge on any atom is 0.336 e. The molecule has 7 heteroatoms. The van der Waals surface area contributed by atoms with E-state index >= 15 is 0 Å². The van der Waals surface area contributed by atoms with Crippen molar-refractivity contribution in [1.82, 2.24) is 5.32 Å². The van der Waals surface area contributed by atoms with Gasteiger partial charge in [-0.1, -0.05) is 17.8 Å². The number of dihydropyridines is 1. The number of allylic oxidation sites excluding steroid dienone is 2. The number of thioether (sulfide) groups is 1. The molecule has 33 heavy (non-hydrogen) atoms. The van der Waals surface area contributed by atoms with Gasteiger partial charge in [-0.2, -0.15) is 5.26 Å². The lowest BCUT2D eigenvalue weighted by Gasteiger charge is -2.55. The summed E-state index contributed by atoms with van der Waals surface area (Å²) in [5.41, 5.74) is 2.28. The number of carbonyl (C=O) groups is 2. The molecular formula is C26H30N2O3S2. The van der Waals surface area contributed by atoms with Crippen molar-refractivity contribution in [2.45, 2.75) is 58.3 Å². The van der Waals surface area contributed by atoms with E-state index in [0.717, 1.165) is 47.6 Å². The molecule has 4 fully saturated rings. The molecule has 5 nitrogen and oxygen atoms in total. The Kier molecular flexibility index (Phi) is 6.17. The average Bonchev–Trinajstić information content (AvgIpc) is 3.30. The summed E-state index contributed by atoms with van der Waals surface area (Å²) in [6.45, 7) is 3.91. The zero-order valence-electron chi connectivity index (χ0n) is 19.2. The van der Waals surface area contributed by atoms with Crippen molar-refractivity contribution < 1.29 is 14.3 Å². The summed E-state index contributed by atoms with van der Waals surface area (Å²) in [6, 6.07) is 6.24. The summed E-state index contributed by atoms with van der Waals surface area (Å²) in [7, 11) is 0. The Balaban J connectivity index is 1.40. The maximum absolute atomic E-state index is 13.5. The number of nitrogens with one attached hydrogen (secondary N) is 1. The lowest BCUT2D eigenvalue weighted by molar-refractivity contribution is -0.139. The number of esters is 1. The van der Waals surface area contributed by atoms with Gasteiger partial charge in [0.15, 0.2) is 5.12 Å². The molecule has 1 aromatic heterocycles. The summed E-state index contributed by atoms with van der Waals surface area (Å²) in [5.74, 6) is 1.75. The molecule has 0 aromatic carbocycles. The Morgan fingerprint density at radius 1 is 1.24 bits per heavy atom. The summed E-state index contributed by atoms with van der Waals surface area (Å²) in [4.78, 5) is 27.3. The minimum atomic E-state index is -0.458. The van der Waals surface area contributed by atoms with Crippen LogP contribution in [-0.4, -0.2) is 23.4 Å². The predicted octanol–water partition coefficient (Wildman–Crippen LogP) is 5.53. The van der Waals surface area contributed by atoms with E-state index in [2.05, 4.69) is 11.4 Å². The zero-order chi connectivity index (χ0) is 23.2. The molecule has 0 radical (unpaired) electrons. The van der Waals surface area contributed by atoms with Crippen LogP contribution in [-0.2, 0) is 14.3 Å². The van der Waals surface area contributed by atoms with Gasteiger partial charge in [-0.15, -0.1) is 11.3 Å². The molecule has 1 unspecified atom stereocenters. The van der Waals surface area contributed by atoms with Gasteiger partial charge in [0.05, 0.1) is 29.7 Å². The second-order valence-corrected chi connectivity index (χ2v) is 12.0. The van der Waals surface area contributed by atoms with Gasteiger partial charge in [0, 0.05) is 27.4 Å². The molecule has 4 saturated carbocycles. The summed E-state index contributed by atoms with van der Waals surface area (Å²) >= 11 is 2.89. The lowest BCUT2D eigenvalue weighted by Crippen LogP contribution is -2.49. The van der Waals surface area contributed by atoms with E-state index in [4.69, 9.17) is 4.74 Å². The van der Waals surface area contributed by atoms with E-state index in [0.29, 0.717) is 27.7 Å². The van der Waals surface area contributed by atoms with Crippen molar-refractivity contribution >= 4 is 34.2 Å². The number of rotatable bonds is 6. The van der Waals surface area contributed by atoms with E-state index in [1.54, 1.807) is 6.92 Å². The highest BCUT2D eigenvalue weighted by atomic mass is 32.2. The number of hydrogen-bond donors (Lipinski definition) is 1. The van der Waals surface area contributed by atoms with Crippen molar-refractivity contribution in [3.8, 4) is 6.07 Å². The molecule has 1 atom stereocenters. The predicted molar refractivity (Wildman–Crippen MR) is 130 cm³/mol. The molecular weight excluding hydrogens is 452 g/mol. The number of thiophene rings is 1. The average molecular weight is 483 g/mol. The van der Waals surface area contributed by atoms with Crippen LogP contribution < -0.4 is 5.32 Å². The van der Waals surface area contributed by atoms with Gasteiger partial charge < -0.3 is 10.1 Å². The van der Waals surface area contributed by atoms with Crippen LogP contribution >= 0.6 is 23.1 Å². The van der Waals surface area contributed by atoms with E-state index in [1.807, 2.05) is 24.4 Å². The van der Waals surface area contributed by atoms with Crippen molar-refractivity contribution in [1.29, 1.82) is 5.26 Å². The Labute approximate surface area is 203 Å². The SMILES string of the molecule is CCOC(=O)C1=C(C)NC(CSC(=O)C23CC4CC(CC(C4)C2)C3)=C(C#N)C1c1cccs1. The third-order valence-corrected chi connectivity index (χ3v) is 9.97. The normalized spacial score (nSPS) is 32.5. The van der Waals surface area contributed by atoms with Crippen LogP contribution in [0.25, 0.3) is 0 Å². The molecule has 1 aliphatic heterocycles. The van der Waals surface area contributed by atoms with Crippen LogP contribution in [0, 0.1) is 34.5 Å². The van der Waals surface area contributed by atoms with E-state index in [9.17, 15) is 14.9 Å². The molecule has 4 aliphatic carbocycles. The molecule has 174 valence electrons. The van der Waals surface area contributed by atoms with E-state index < -0.39 is 11.9 Å². The summed E-state index contributed by atoms with van der Waals surface area (Å²) < 4.78 is 5.32. The fraction of sp³-hybridized carbons (Fsp3) is 0.577. The van der Waals surface area contributed by atoms with Crippen molar-refractivity contribution in [2.75, 3.05) is 12.4 Å². The summed E-state index contributed by atoms with van der Waals surface area (Å²) in [6.07, 6.45) is 7.08. The largest absolute Gasteiger partial charge is 0.463 e. The van der Waals surface area contributed by atoms with Crippen LogP contribution in [0.5, 0.6) is 0 Å². The van der Waals surface area contributed by atoms with Crippen LogP contribution in [0.4, 0.5) is 0 Å². The number of nitrogens with zero attached hydrogens (tertiary/aromatic N) is 1. The Bertz CT molecular complexity index is 1030. The number of ether oxygens (including phenoxy) is 1. The van der Waals surface area contributed by atoms with Crippen LogP contribution in [0.15, 0.2) is 40.1 Å². The maximum atomic E-state index is 13.5. The molecule has 4 bridgehead atoms. The van der Waals surface area contributed by atoms with Gasteiger partial charge in [-0.3, -0.25) is 4.79 Å². The smallest absolute Gasteiger partial charge is 0.336 e. The zero-order valence-corrected chi connectivity index (χ0v) is 20.8. The van der Waals surface area contributed by atoms with Crippen molar-refractivity contribution in [2.24, 2.45) is 23.2 Å². The van der Waals surface area contributed by atoms with Gasteiger partial charge in [0.2, 0.25) is 0 Å². The Morgan fingerprint density at radius 2 is 1.91 bits per heavy atom. The van der Waals surface area contributed by atoms with E-state index in [1.165, 1.54) is 42.4 Å². The van der Waals surface area contributed by atoms with Gasteiger partial charge >= 0.3 is 5.97 Å². The number of nitriles is 1. The third kappa shape index (κ3) is 4.06. The minimum Gasteiger partial charge on any atom is -0.463 e. The third-order valence-electron chi connectivity index (χ3n) is 7.91. The number of carbonyl (C=O) groups excluding carboxylic acids is 2. The van der Waals surface area contributed by atoms with Crippen molar-refractivity contribution in [3.63, 3.8) is 0 Å². The first kappa shape index (κ1) is 22.7. The second-order valence-electron chi connectivity index (χ2n) is 10.1. The van der Waals surface area contributed by atoms with Crippen molar-refractivity contribution in [3.05, 3.63) is 44.9 Å².